The van der Waals surface area contributed by atoms with E-state index < -0.39 is 0 Å². The molecule has 4 heteroatoms. The Kier molecular flexibility index (Phi) is 9.07. The molecule has 128 valence electrons. The zero-order chi connectivity index (χ0) is 17.1. The van der Waals surface area contributed by atoms with Gasteiger partial charge in [-0.25, -0.2) is 4.79 Å². The SMILES string of the molecule is CCC(=CCOc1ccc(C(=O)OC)cc1)CCOC(C)CC. The van der Waals surface area contributed by atoms with Crippen LogP contribution in [0.1, 0.15) is 50.4 Å². The molecule has 0 aliphatic heterocycles. The van der Waals surface area contributed by atoms with Crippen LogP contribution in [0.5, 0.6) is 5.75 Å². The van der Waals surface area contributed by atoms with E-state index in [0.29, 0.717) is 18.3 Å². The van der Waals surface area contributed by atoms with E-state index in [1.54, 1.807) is 24.3 Å². The number of carbonyl (C=O) groups is 1. The van der Waals surface area contributed by atoms with Crippen LogP contribution in [0, 0.1) is 0 Å². The van der Waals surface area contributed by atoms with Crippen LogP contribution < -0.4 is 4.74 Å². The molecule has 0 bridgehead atoms. The van der Waals surface area contributed by atoms with Gasteiger partial charge in [0.15, 0.2) is 0 Å². The lowest BCUT2D eigenvalue weighted by Gasteiger charge is -2.11. The van der Waals surface area contributed by atoms with E-state index in [0.717, 1.165) is 31.6 Å². The molecule has 1 unspecified atom stereocenters. The second kappa shape index (κ2) is 10.8. The van der Waals surface area contributed by atoms with Gasteiger partial charge in [0.05, 0.1) is 25.4 Å². The van der Waals surface area contributed by atoms with Crippen molar-refractivity contribution in [3.8, 4) is 5.75 Å². The van der Waals surface area contributed by atoms with Crippen molar-refractivity contribution in [2.75, 3.05) is 20.3 Å². The van der Waals surface area contributed by atoms with Gasteiger partial charge in [0.1, 0.15) is 12.4 Å². The Morgan fingerprint density at radius 3 is 2.48 bits per heavy atom. The molecular weight excluding hydrogens is 292 g/mol. The Hall–Kier alpha value is -1.81. The van der Waals surface area contributed by atoms with Crippen molar-refractivity contribution in [2.45, 2.75) is 46.1 Å². The topological polar surface area (TPSA) is 44.8 Å². The van der Waals surface area contributed by atoms with Crippen LogP contribution in [-0.4, -0.2) is 32.4 Å². The lowest BCUT2D eigenvalue weighted by atomic mass is 10.1. The van der Waals surface area contributed by atoms with Crippen LogP contribution in [0.2, 0.25) is 0 Å². The Morgan fingerprint density at radius 2 is 1.91 bits per heavy atom. The molecule has 1 aromatic rings. The number of hydrogen-bond donors (Lipinski definition) is 0. The summed E-state index contributed by atoms with van der Waals surface area (Å²) in [4.78, 5) is 11.4. The highest BCUT2D eigenvalue weighted by Gasteiger charge is 2.04. The molecular formula is C19H28O4. The highest BCUT2D eigenvalue weighted by atomic mass is 16.5. The number of rotatable bonds is 10. The molecule has 0 spiro atoms. The van der Waals surface area contributed by atoms with Gasteiger partial charge in [0, 0.05) is 0 Å². The maximum atomic E-state index is 11.4. The number of esters is 1. The first kappa shape index (κ1) is 19.2. The van der Waals surface area contributed by atoms with E-state index in [1.807, 2.05) is 0 Å². The number of ether oxygens (including phenoxy) is 3. The van der Waals surface area contributed by atoms with Crippen molar-refractivity contribution < 1.29 is 19.0 Å². The highest BCUT2D eigenvalue weighted by molar-refractivity contribution is 5.89. The summed E-state index contributed by atoms with van der Waals surface area (Å²) in [5, 5.41) is 0. The summed E-state index contributed by atoms with van der Waals surface area (Å²) in [5.74, 6) is 0.395. The number of carbonyl (C=O) groups excluding carboxylic acids is 1. The van der Waals surface area contributed by atoms with E-state index in [-0.39, 0.29) is 5.97 Å². The summed E-state index contributed by atoms with van der Waals surface area (Å²) < 4.78 is 16.1. The van der Waals surface area contributed by atoms with Crippen LogP contribution in [0.25, 0.3) is 0 Å². The van der Waals surface area contributed by atoms with E-state index in [1.165, 1.54) is 12.7 Å². The molecule has 1 rings (SSSR count). The second-order valence-corrected chi connectivity index (χ2v) is 5.38. The summed E-state index contributed by atoms with van der Waals surface area (Å²) in [6, 6.07) is 6.95. The van der Waals surface area contributed by atoms with Gasteiger partial charge in [0.2, 0.25) is 0 Å². The Labute approximate surface area is 139 Å². The van der Waals surface area contributed by atoms with Gasteiger partial charge >= 0.3 is 5.97 Å². The predicted octanol–water partition coefficient (Wildman–Crippen LogP) is 4.39. The molecule has 4 nitrogen and oxygen atoms in total. The third-order valence-corrected chi connectivity index (χ3v) is 3.75. The van der Waals surface area contributed by atoms with Gasteiger partial charge in [0.25, 0.3) is 0 Å². The van der Waals surface area contributed by atoms with E-state index in [4.69, 9.17) is 9.47 Å². The Bertz CT molecular complexity index is 491. The predicted molar refractivity (Wildman–Crippen MR) is 92.0 cm³/mol. The minimum Gasteiger partial charge on any atom is -0.490 e. The molecule has 0 aromatic heterocycles. The summed E-state index contributed by atoms with van der Waals surface area (Å²) in [7, 11) is 1.37. The first-order valence-electron chi connectivity index (χ1n) is 8.21. The van der Waals surface area contributed by atoms with E-state index >= 15 is 0 Å². The molecule has 1 atom stereocenters. The average Bonchev–Trinajstić information content (AvgIpc) is 2.59. The smallest absolute Gasteiger partial charge is 0.337 e. The molecule has 0 radical (unpaired) electrons. The molecule has 0 saturated carbocycles. The lowest BCUT2D eigenvalue weighted by molar-refractivity contribution is 0.0600. The summed E-state index contributed by atoms with van der Waals surface area (Å²) in [5.41, 5.74) is 1.85. The molecule has 0 fully saturated rings. The molecule has 0 saturated heterocycles. The quantitative estimate of drug-likeness (QED) is 0.473. The van der Waals surface area contributed by atoms with Gasteiger partial charge in [-0.15, -0.1) is 0 Å². The maximum Gasteiger partial charge on any atom is 0.337 e. The molecule has 1 aromatic carbocycles. The van der Waals surface area contributed by atoms with Crippen molar-refractivity contribution in [1.82, 2.24) is 0 Å². The fourth-order valence-electron chi connectivity index (χ4n) is 1.99. The molecule has 0 aliphatic carbocycles. The second-order valence-electron chi connectivity index (χ2n) is 5.38. The zero-order valence-corrected chi connectivity index (χ0v) is 14.6. The van der Waals surface area contributed by atoms with E-state index in [9.17, 15) is 4.79 Å². The van der Waals surface area contributed by atoms with Crippen molar-refractivity contribution in [2.24, 2.45) is 0 Å². The largest absolute Gasteiger partial charge is 0.490 e. The third-order valence-electron chi connectivity index (χ3n) is 3.75. The van der Waals surface area contributed by atoms with Crippen LogP contribution in [0.3, 0.4) is 0 Å². The third kappa shape index (κ3) is 7.33. The minimum absolute atomic E-state index is 0.317. The lowest BCUT2D eigenvalue weighted by Crippen LogP contribution is -2.08. The Balaban J connectivity index is 2.41. The molecule has 0 N–H and O–H groups in total. The first-order valence-corrected chi connectivity index (χ1v) is 8.21. The maximum absolute atomic E-state index is 11.4. The fraction of sp³-hybridized carbons (Fsp3) is 0.526. The van der Waals surface area contributed by atoms with Crippen LogP contribution >= 0.6 is 0 Å². The summed E-state index contributed by atoms with van der Waals surface area (Å²) in [6.07, 6.45) is 5.39. The Morgan fingerprint density at radius 1 is 1.22 bits per heavy atom. The van der Waals surface area contributed by atoms with Crippen molar-refractivity contribution in [3.63, 3.8) is 0 Å². The van der Waals surface area contributed by atoms with Gasteiger partial charge in [-0.1, -0.05) is 19.4 Å². The van der Waals surface area contributed by atoms with Gasteiger partial charge in [-0.3, -0.25) is 0 Å². The first-order chi connectivity index (χ1) is 11.1. The molecule has 23 heavy (non-hydrogen) atoms. The zero-order valence-electron chi connectivity index (χ0n) is 14.6. The van der Waals surface area contributed by atoms with Crippen LogP contribution in [0.15, 0.2) is 35.9 Å². The number of benzene rings is 1. The summed E-state index contributed by atoms with van der Waals surface area (Å²) in [6.45, 7) is 7.63. The molecule has 0 heterocycles. The van der Waals surface area contributed by atoms with E-state index in [2.05, 4.69) is 31.6 Å². The number of methoxy groups -OCH3 is 1. The number of hydrogen-bond acceptors (Lipinski definition) is 4. The normalized spacial score (nSPS) is 12.8. The molecule has 0 aliphatic rings. The van der Waals surface area contributed by atoms with Crippen molar-refractivity contribution in [1.29, 1.82) is 0 Å². The summed E-state index contributed by atoms with van der Waals surface area (Å²) >= 11 is 0. The average molecular weight is 320 g/mol. The van der Waals surface area contributed by atoms with Gasteiger partial charge in [-0.05, 0) is 56.5 Å². The fourth-order valence-corrected chi connectivity index (χ4v) is 1.99. The highest BCUT2D eigenvalue weighted by Crippen LogP contribution is 2.14. The van der Waals surface area contributed by atoms with Crippen molar-refractivity contribution >= 4 is 5.97 Å². The molecule has 0 amide bonds. The minimum atomic E-state index is -0.342. The van der Waals surface area contributed by atoms with Crippen LogP contribution in [-0.2, 0) is 9.47 Å². The van der Waals surface area contributed by atoms with Crippen molar-refractivity contribution in [3.05, 3.63) is 41.5 Å². The van der Waals surface area contributed by atoms with Gasteiger partial charge in [-0.2, -0.15) is 0 Å². The van der Waals surface area contributed by atoms with Crippen LogP contribution in [0.4, 0.5) is 0 Å². The standard InChI is InChI=1S/C19H28O4/c1-5-15(3)22-13-11-16(6-2)12-14-23-18-9-7-17(8-10-18)19(20)21-4/h7-10,12,15H,5-6,11,13-14H2,1-4H3. The monoisotopic (exact) mass is 320 g/mol. The van der Waals surface area contributed by atoms with Gasteiger partial charge < -0.3 is 14.2 Å².